The zero-order chi connectivity index (χ0) is 16.9. The molecule has 0 aliphatic rings. The van der Waals surface area contributed by atoms with Crippen molar-refractivity contribution < 1.29 is 27.9 Å². The lowest BCUT2D eigenvalue weighted by Gasteiger charge is -2.14. The molecule has 8 heteroatoms. The van der Waals surface area contributed by atoms with Crippen LogP contribution < -0.4 is 10.6 Å². The van der Waals surface area contributed by atoms with Gasteiger partial charge in [-0.1, -0.05) is 6.07 Å². The highest BCUT2D eigenvalue weighted by molar-refractivity contribution is 6.39. The van der Waals surface area contributed by atoms with Crippen molar-refractivity contribution in [3.63, 3.8) is 0 Å². The highest BCUT2D eigenvalue weighted by Gasteiger charge is 2.31. The van der Waals surface area contributed by atoms with Gasteiger partial charge in [0.2, 0.25) is 0 Å². The lowest BCUT2D eigenvalue weighted by Crippen LogP contribution is -2.41. The maximum Gasteiger partial charge on any atom is 0.416 e. The van der Waals surface area contributed by atoms with Crippen LogP contribution in [0.4, 0.5) is 18.9 Å². The average molecular weight is 318 g/mol. The van der Waals surface area contributed by atoms with Gasteiger partial charge in [-0.25, -0.2) is 0 Å². The number of aliphatic hydroxyl groups is 1. The number of rotatable bonds is 4. The van der Waals surface area contributed by atoms with E-state index >= 15 is 0 Å². The third kappa shape index (κ3) is 5.03. The van der Waals surface area contributed by atoms with Crippen molar-refractivity contribution in [2.45, 2.75) is 32.5 Å². The first kappa shape index (κ1) is 18.0. The number of anilines is 1. The summed E-state index contributed by atoms with van der Waals surface area (Å²) in [6, 6.07) is 2.46. The number of carbonyl (C=O) groups excluding carboxylic acids is 2. The van der Waals surface area contributed by atoms with E-state index in [4.69, 9.17) is 5.11 Å². The van der Waals surface area contributed by atoms with E-state index in [1.807, 2.05) is 0 Å². The van der Waals surface area contributed by atoms with E-state index in [-0.39, 0.29) is 18.7 Å². The number of halogens is 3. The van der Waals surface area contributed by atoms with Crippen molar-refractivity contribution >= 4 is 17.5 Å². The molecule has 1 aromatic rings. The topological polar surface area (TPSA) is 78.4 Å². The molecule has 22 heavy (non-hydrogen) atoms. The van der Waals surface area contributed by atoms with Crippen LogP contribution in [0.25, 0.3) is 0 Å². The van der Waals surface area contributed by atoms with Gasteiger partial charge < -0.3 is 15.7 Å². The van der Waals surface area contributed by atoms with Crippen molar-refractivity contribution in [3.05, 3.63) is 29.3 Å². The Hall–Kier alpha value is -2.09. The summed E-state index contributed by atoms with van der Waals surface area (Å²) in [6.45, 7) is 2.95. The lowest BCUT2D eigenvalue weighted by molar-refractivity contribution is -0.137. The van der Waals surface area contributed by atoms with Crippen molar-refractivity contribution in [2.24, 2.45) is 0 Å². The summed E-state index contributed by atoms with van der Waals surface area (Å²) < 4.78 is 37.9. The summed E-state index contributed by atoms with van der Waals surface area (Å²) in [7, 11) is 0. The Balaban J connectivity index is 2.81. The van der Waals surface area contributed by atoms with Gasteiger partial charge in [-0.15, -0.1) is 0 Å². The fraction of sp³-hybridized carbons (Fsp3) is 0.429. The highest BCUT2D eigenvalue weighted by atomic mass is 19.4. The Bertz CT molecular complexity index is 559. The molecule has 5 nitrogen and oxygen atoms in total. The Morgan fingerprint density at radius 1 is 1.27 bits per heavy atom. The molecule has 2 amide bonds. The SMILES string of the molecule is Cc1ccc(C(F)(F)F)cc1NC(=O)C(=O)N[C@H](C)CCO. The van der Waals surface area contributed by atoms with Gasteiger partial charge in [-0.3, -0.25) is 9.59 Å². The van der Waals surface area contributed by atoms with Crippen LogP contribution in [-0.2, 0) is 15.8 Å². The zero-order valence-electron chi connectivity index (χ0n) is 12.1. The smallest absolute Gasteiger partial charge is 0.396 e. The second-order valence-corrected chi connectivity index (χ2v) is 4.87. The van der Waals surface area contributed by atoms with Crippen LogP contribution in [-0.4, -0.2) is 29.6 Å². The third-order valence-corrected chi connectivity index (χ3v) is 2.96. The molecule has 0 aliphatic carbocycles. The second kappa shape index (κ2) is 7.26. The Morgan fingerprint density at radius 3 is 2.45 bits per heavy atom. The molecule has 0 saturated heterocycles. The quantitative estimate of drug-likeness (QED) is 0.741. The maximum atomic E-state index is 12.6. The van der Waals surface area contributed by atoms with Crippen molar-refractivity contribution in [1.82, 2.24) is 5.32 Å². The number of nitrogens with one attached hydrogen (secondary N) is 2. The van der Waals surface area contributed by atoms with Crippen LogP contribution >= 0.6 is 0 Å². The molecule has 0 radical (unpaired) electrons. The van der Waals surface area contributed by atoms with E-state index in [0.717, 1.165) is 12.1 Å². The number of amides is 2. The summed E-state index contributed by atoms with van der Waals surface area (Å²) in [5.74, 6) is -2.04. The summed E-state index contributed by atoms with van der Waals surface area (Å²) in [5.41, 5.74) is -0.593. The number of hydrogen-bond acceptors (Lipinski definition) is 3. The average Bonchev–Trinajstić information content (AvgIpc) is 2.39. The number of aryl methyl sites for hydroxylation is 1. The van der Waals surface area contributed by atoms with E-state index in [1.54, 1.807) is 6.92 Å². The molecular weight excluding hydrogens is 301 g/mol. The number of alkyl halides is 3. The Kier molecular flexibility index (Phi) is 5.92. The van der Waals surface area contributed by atoms with Crippen LogP contribution in [0.1, 0.15) is 24.5 Å². The normalized spacial score (nSPS) is 12.6. The predicted octanol–water partition coefficient (Wildman–Crippen LogP) is 1.84. The standard InChI is InChI=1S/C14H17F3N2O3/c1-8-3-4-10(14(15,16)17)7-11(8)19-13(22)12(21)18-9(2)5-6-20/h3-4,7,9,20H,5-6H2,1-2H3,(H,18,21)(H,19,22)/t9-/m1/s1. The number of hydrogen-bond donors (Lipinski definition) is 3. The number of carbonyl (C=O) groups is 2. The zero-order valence-corrected chi connectivity index (χ0v) is 12.1. The van der Waals surface area contributed by atoms with E-state index in [9.17, 15) is 22.8 Å². The molecule has 122 valence electrons. The molecule has 0 fully saturated rings. The maximum absolute atomic E-state index is 12.6. The van der Waals surface area contributed by atoms with Crippen molar-refractivity contribution in [2.75, 3.05) is 11.9 Å². The highest BCUT2D eigenvalue weighted by Crippen LogP contribution is 2.31. The fourth-order valence-corrected chi connectivity index (χ4v) is 1.67. The first-order chi connectivity index (χ1) is 10.1. The summed E-state index contributed by atoms with van der Waals surface area (Å²) >= 11 is 0. The molecule has 3 N–H and O–H groups in total. The van der Waals surface area contributed by atoms with Gasteiger partial charge in [0.1, 0.15) is 0 Å². The van der Waals surface area contributed by atoms with Crippen molar-refractivity contribution in [3.8, 4) is 0 Å². The fourth-order valence-electron chi connectivity index (χ4n) is 1.67. The van der Waals surface area contributed by atoms with Gasteiger partial charge in [0.05, 0.1) is 5.56 Å². The molecule has 1 atom stereocenters. The minimum Gasteiger partial charge on any atom is -0.396 e. The molecule has 1 rings (SSSR count). The van der Waals surface area contributed by atoms with E-state index in [1.165, 1.54) is 13.0 Å². The lowest BCUT2D eigenvalue weighted by atomic mass is 10.1. The third-order valence-electron chi connectivity index (χ3n) is 2.96. The minimum atomic E-state index is -4.54. The molecule has 0 heterocycles. The second-order valence-electron chi connectivity index (χ2n) is 4.87. The molecule has 0 unspecified atom stereocenters. The van der Waals surface area contributed by atoms with Gasteiger partial charge in [0, 0.05) is 18.3 Å². The largest absolute Gasteiger partial charge is 0.416 e. The number of benzene rings is 1. The van der Waals surface area contributed by atoms with Gasteiger partial charge in [-0.05, 0) is 38.0 Å². The van der Waals surface area contributed by atoms with Crippen molar-refractivity contribution in [1.29, 1.82) is 0 Å². The van der Waals surface area contributed by atoms with E-state index in [0.29, 0.717) is 5.56 Å². The van der Waals surface area contributed by atoms with Gasteiger partial charge in [-0.2, -0.15) is 13.2 Å². The molecule has 0 spiro atoms. The van der Waals surface area contributed by atoms with E-state index in [2.05, 4.69) is 10.6 Å². The van der Waals surface area contributed by atoms with Gasteiger partial charge in [0.15, 0.2) is 0 Å². The summed E-state index contributed by atoms with van der Waals surface area (Å²) in [6.07, 6.45) is -4.27. The Labute approximate surface area is 125 Å². The molecule has 0 aromatic heterocycles. The molecule has 0 bridgehead atoms. The van der Waals surface area contributed by atoms with Crippen LogP contribution in [0.5, 0.6) is 0 Å². The monoisotopic (exact) mass is 318 g/mol. The predicted molar refractivity (Wildman–Crippen MR) is 74.1 cm³/mol. The van der Waals surface area contributed by atoms with Crippen LogP contribution in [0, 0.1) is 6.92 Å². The molecule has 1 aromatic carbocycles. The minimum absolute atomic E-state index is 0.0789. The number of aliphatic hydroxyl groups excluding tert-OH is 1. The summed E-state index contributed by atoms with van der Waals surface area (Å²) in [5, 5.41) is 13.2. The Morgan fingerprint density at radius 2 is 1.91 bits per heavy atom. The molecule has 0 saturated carbocycles. The summed E-state index contributed by atoms with van der Waals surface area (Å²) in [4.78, 5) is 23.3. The van der Waals surface area contributed by atoms with Crippen LogP contribution in [0.3, 0.4) is 0 Å². The van der Waals surface area contributed by atoms with Gasteiger partial charge >= 0.3 is 18.0 Å². The van der Waals surface area contributed by atoms with Crippen LogP contribution in [0.15, 0.2) is 18.2 Å². The first-order valence-corrected chi connectivity index (χ1v) is 6.55. The molecular formula is C14H17F3N2O3. The van der Waals surface area contributed by atoms with Crippen LogP contribution in [0.2, 0.25) is 0 Å². The van der Waals surface area contributed by atoms with Gasteiger partial charge in [0.25, 0.3) is 0 Å². The molecule has 0 aliphatic heterocycles. The first-order valence-electron chi connectivity index (χ1n) is 6.55. The van der Waals surface area contributed by atoms with E-state index < -0.39 is 29.6 Å².